The SMILES string of the molecule is CC(=O)Nc1ccc(S(=O)(=O)N2CCN(Cc3nnnn3-c3cccc(F)c3)CC2)cc1. The van der Waals surface area contributed by atoms with Gasteiger partial charge in [-0.15, -0.1) is 5.10 Å². The lowest BCUT2D eigenvalue weighted by Gasteiger charge is -2.33. The van der Waals surface area contributed by atoms with E-state index >= 15 is 0 Å². The molecule has 10 nitrogen and oxygen atoms in total. The van der Waals surface area contributed by atoms with Crippen LogP contribution in [0.15, 0.2) is 53.4 Å². The van der Waals surface area contributed by atoms with Crippen molar-refractivity contribution in [3.05, 3.63) is 60.2 Å². The molecule has 0 bridgehead atoms. The molecule has 168 valence electrons. The molecular formula is C20H22FN7O3S. The third kappa shape index (κ3) is 4.82. The lowest BCUT2D eigenvalue weighted by atomic mass is 10.3. The van der Waals surface area contributed by atoms with Gasteiger partial charge in [0.05, 0.1) is 17.1 Å². The van der Waals surface area contributed by atoms with Gasteiger partial charge in [-0.25, -0.2) is 12.8 Å². The van der Waals surface area contributed by atoms with Gasteiger partial charge in [-0.2, -0.15) is 8.99 Å². The number of piperazine rings is 1. The number of anilines is 1. The van der Waals surface area contributed by atoms with Crippen LogP contribution in [-0.4, -0.2) is 69.9 Å². The smallest absolute Gasteiger partial charge is 0.243 e. The van der Waals surface area contributed by atoms with E-state index in [0.717, 1.165) is 0 Å². The highest BCUT2D eigenvalue weighted by atomic mass is 32.2. The number of amides is 1. The summed E-state index contributed by atoms with van der Waals surface area (Å²) in [6, 6.07) is 12.1. The van der Waals surface area contributed by atoms with E-state index in [0.29, 0.717) is 49.9 Å². The first-order valence-corrected chi connectivity index (χ1v) is 11.4. The maximum atomic E-state index is 13.5. The molecule has 2 aromatic carbocycles. The molecule has 1 amide bonds. The van der Waals surface area contributed by atoms with E-state index in [1.165, 1.54) is 40.2 Å². The molecule has 1 fully saturated rings. The molecule has 32 heavy (non-hydrogen) atoms. The molecule has 1 N–H and O–H groups in total. The van der Waals surface area contributed by atoms with Crippen molar-refractivity contribution >= 4 is 21.6 Å². The van der Waals surface area contributed by atoms with Gasteiger partial charge < -0.3 is 5.32 Å². The lowest BCUT2D eigenvalue weighted by Crippen LogP contribution is -2.48. The summed E-state index contributed by atoms with van der Waals surface area (Å²) in [6.45, 7) is 3.43. The van der Waals surface area contributed by atoms with Gasteiger partial charge in [0.15, 0.2) is 5.82 Å². The van der Waals surface area contributed by atoms with Gasteiger partial charge in [0, 0.05) is 38.8 Å². The quantitative estimate of drug-likeness (QED) is 0.591. The summed E-state index contributed by atoms with van der Waals surface area (Å²) in [5.41, 5.74) is 1.06. The molecule has 12 heteroatoms. The van der Waals surface area contributed by atoms with Gasteiger partial charge >= 0.3 is 0 Å². The summed E-state index contributed by atoms with van der Waals surface area (Å²) in [6.07, 6.45) is 0. The van der Waals surface area contributed by atoms with Gasteiger partial charge in [0.2, 0.25) is 15.9 Å². The molecule has 0 spiro atoms. The Labute approximate surface area is 184 Å². The Morgan fingerprint density at radius 2 is 1.81 bits per heavy atom. The molecule has 0 unspecified atom stereocenters. The number of tetrazole rings is 1. The van der Waals surface area contributed by atoms with Crippen LogP contribution in [0.25, 0.3) is 5.69 Å². The van der Waals surface area contributed by atoms with Crippen LogP contribution < -0.4 is 5.32 Å². The van der Waals surface area contributed by atoms with E-state index < -0.39 is 10.0 Å². The van der Waals surface area contributed by atoms with Crippen LogP contribution >= 0.6 is 0 Å². The fourth-order valence-corrected chi connectivity index (χ4v) is 4.93. The Morgan fingerprint density at radius 1 is 1.09 bits per heavy atom. The first-order chi connectivity index (χ1) is 15.3. The average molecular weight is 460 g/mol. The number of nitrogens with zero attached hydrogens (tertiary/aromatic N) is 6. The second-order valence-corrected chi connectivity index (χ2v) is 9.31. The first kappa shape index (κ1) is 22.0. The third-order valence-corrected chi connectivity index (χ3v) is 7.01. The van der Waals surface area contributed by atoms with Crippen molar-refractivity contribution in [2.45, 2.75) is 18.4 Å². The molecule has 0 atom stereocenters. The van der Waals surface area contributed by atoms with E-state index in [1.807, 2.05) is 4.90 Å². The van der Waals surface area contributed by atoms with E-state index in [1.54, 1.807) is 24.3 Å². The fraction of sp³-hybridized carbons (Fsp3) is 0.300. The van der Waals surface area contributed by atoms with Crippen LogP contribution in [0.2, 0.25) is 0 Å². The summed E-state index contributed by atoms with van der Waals surface area (Å²) < 4.78 is 42.4. The molecule has 1 aliphatic heterocycles. The Morgan fingerprint density at radius 3 is 2.47 bits per heavy atom. The third-order valence-electron chi connectivity index (χ3n) is 5.10. The number of halogens is 1. The minimum Gasteiger partial charge on any atom is -0.326 e. The Balaban J connectivity index is 1.39. The fourth-order valence-electron chi connectivity index (χ4n) is 3.50. The van der Waals surface area contributed by atoms with E-state index in [2.05, 4.69) is 20.8 Å². The molecule has 1 aromatic heterocycles. The van der Waals surface area contributed by atoms with Crippen LogP contribution in [0.1, 0.15) is 12.7 Å². The Hall–Kier alpha value is -3.22. The zero-order valence-corrected chi connectivity index (χ0v) is 18.2. The monoisotopic (exact) mass is 459 g/mol. The largest absolute Gasteiger partial charge is 0.326 e. The maximum absolute atomic E-state index is 13.5. The highest BCUT2D eigenvalue weighted by Gasteiger charge is 2.29. The summed E-state index contributed by atoms with van der Waals surface area (Å²) in [5, 5.41) is 14.3. The molecule has 0 radical (unpaired) electrons. The number of rotatable bonds is 6. The highest BCUT2D eigenvalue weighted by molar-refractivity contribution is 7.89. The van der Waals surface area contributed by atoms with Crippen molar-refractivity contribution in [3.8, 4) is 5.69 Å². The first-order valence-electron chi connectivity index (χ1n) is 9.96. The minimum absolute atomic E-state index is 0.176. The Bertz CT molecular complexity index is 1210. The molecule has 0 aliphatic carbocycles. The highest BCUT2D eigenvalue weighted by Crippen LogP contribution is 2.20. The summed E-state index contributed by atoms with van der Waals surface area (Å²) >= 11 is 0. The lowest BCUT2D eigenvalue weighted by molar-refractivity contribution is -0.114. The van der Waals surface area contributed by atoms with Crippen LogP contribution in [0.3, 0.4) is 0 Å². The second kappa shape index (κ2) is 9.10. The van der Waals surface area contributed by atoms with E-state index in [-0.39, 0.29) is 16.6 Å². The van der Waals surface area contributed by atoms with Crippen molar-refractivity contribution in [1.29, 1.82) is 0 Å². The van der Waals surface area contributed by atoms with Gasteiger partial charge in [-0.05, 0) is 52.9 Å². The number of carbonyl (C=O) groups excluding carboxylic acids is 1. The predicted molar refractivity (Wildman–Crippen MR) is 114 cm³/mol. The molecule has 4 rings (SSSR count). The van der Waals surface area contributed by atoms with Gasteiger partial charge in [0.25, 0.3) is 0 Å². The van der Waals surface area contributed by atoms with Crippen molar-refractivity contribution < 1.29 is 17.6 Å². The van der Waals surface area contributed by atoms with Crippen LogP contribution in [0.4, 0.5) is 10.1 Å². The molecule has 1 aliphatic rings. The molecule has 2 heterocycles. The predicted octanol–water partition coefficient (Wildman–Crippen LogP) is 1.27. The average Bonchev–Trinajstić information content (AvgIpc) is 3.22. The number of benzene rings is 2. The van der Waals surface area contributed by atoms with Crippen molar-refractivity contribution in [3.63, 3.8) is 0 Å². The number of hydrogen-bond acceptors (Lipinski definition) is 7. The summed E-state index contributed by atoms with van der Waals surface area (Å²) in [7, 11) is -3.64. The number of carbonyl (C=O) groups is 1. The van der Waals surface area contributed by atoms with Crippen LogP contribution in [0.5, 0.6) is 0 Å². The molecular weight excluding hydrogens is 437 g/mol. The normalized spacial score (nSPS) is 15.6. The minimum atomic E-state index is -3.64. The molecule has 1 saturated heterocycles. The van der Waals surface area contributed by atoms with Crippen LogP contribution in [-0.2, 0) is 21.4 Å². The maximum Gasteiger partial charge on any atom is 0.243 e. The summed E-state index contributed by atoms with van der Waals surface area (Å²) in [5.74, 6) is -0.0616. The van der Waals surface area contributed by atoms with Crippen molar-refractivity contribution in [2.75, 3.05) is 31.5 Å². The second-order valence-electron chi connectivity index (χ2n) is 7.37. The number of aromatic nitrogens is 4. The standard InChI is InChI=1S/C20H22FN7O3S/c1-15(29)22-17-5-7-19(8-6-17)32(30,31)27-11-9-26(10-12-27)14-20-23-24-25-28(20)18-4-2-3-16(21)13-18/h2-8,13H,9-12,14H2,1H3,(H,22,29). The summed E-state index contributed by atoms with van der Waals surface area (Å²) in [4.78, 5) is 13.4. The van der Waals surface area contributed by atoms with Gasteiger partial charge in [0.1, 0.15) is 5.82 Å². The molecule has 0 saturated carbocycles. The van der Waals surface area contributed by atoms with Crippen LogP contribution in [0, 0.1) is 5.82 Å². The topological polar surface area (TPSA) is 113 Å². The Kier molecular flexibility index (Phi) is 6.26. The molecule has 3 aromatic rings. The van der Waals surface area contributed by atoms with Gasteiger partial charge in [-0.3, -0.25) is 9.69 Å². The van der Waals surface area contributed by atoms with Crippen molar-refractivity contribution in [2.24, 2.45) is 0 Å². The number of hydrogen-bond donors (Lipinski definition) is 1. The zero-order chi connectivity index (χ0) is 22.7. The number of sulfonamides is 1. The van der Waals surface area contributed by atoms with Gasteiger partial charge in [-0.1, -0.05) is 6.07 Å². The van der Waals surface area contributed by atoms with E-state index in [4.69, 9.17) is 0 Å². The van der Waals surface area contributed by atoms with Crippen molar-refractivity contribution in [1.82, 2.24) is 29.4 Å². The zero-order valence-electron chi connectivity index (χ0n) is 17.3. The number of nitrogens with one attached hydrogen (secondary N) is 1. The van der Waals surface area contributed by atoms with E-state index in [9.17, 15) is 17.6 Å².